The molecule has 0 amide bonds. The number of phosphoric acid groups is 1. The van der Waals surface area contributed by atoms with Crippen LogP contribution >= 0.6 is 7.82 Å². The van der Waals surface area contributed by atoms with Crippen molar-refractivity contribution < 1.29 is 28.0 Å². The van der Waals surface area contributed by atoms with E-state index in [-0.39, 0.29) is 24.1 Å². The monoisotopic (exact) mass is 474 g/mol. The number of esters is 1. The molecule has 0 heterocycles. The van der Waals surface area contributed by atoms with Crippen molar-refractivity contribution in [3.8, 4) is 0 Å². The molecular weight excluding hydrogens is 439 g/mol. The maximum Gasteiger partial charge on any atom is 0.472 e. The third-order valence-electron chi connectivity index (χ3n) is 6.31. The number of phosphoric ester groups is 1. The lowest BCUT2D eigenvalue weighted by molar-refractivity contribution is -0.143. The first-order valence-corrected chi connectivity index (χ1v) is 13.4. The first kappa shape index (κ1) is 25.6. The van der Waals surface area contributed by atoms with Crippen LogP contribution in [0.25, 0.3) is 0 Å². The largest absolute Gasteiger partial charge is 0.472 e. The van der Waals surface area contributed by atoms with Gasteiger partial charge in [0.1, 0.15) is 0 Å². The molecule has 1 aliphatic carbocycles. The Labute approximate surface area is 196 Å². The van der Waals surface area contributed by atoms with Gasteiger partial charge in [-0.25, -0.2) is 4.57 Å². The molecule has 2 aromatic carbocycles. The van der Waals surface area contributed by atoms with E-state index in [1.807, 2.05) is 12.1 Å². The molecule has 1 atom stereocenters. The number of ether oxygens (including phenoxy) is 1. The van der Waals surface area contributed by atoms with Gasteiger partial charge in [-0.3, -0.25) is 13.8 Å². The van der Waals surface area contributed by atoms with Gasteiger partial charge < -0.3 is 9.63 Å². The van der Waals surface area contributed by atoms with Crippen molar-refractivity contribution in [1.82, 2.24) is 0 Å². The van der Waals surface area contributed by atoms with Crippen LogP contribution in [0.4, 0.5) is 0 Å². The lowest BCUT2D eigenvalue weighted by Gasteiger charge is -2.41. The summed E-state index contributed by atoms with van der Waals surface area (Å²) in [6.45, 7) is 2.29. The fraction of sp³-hybridized carbons (Fsp3) is 0.500. The van der Waals surface area contributed by atoms with Crippen LogP contribution < -0.4 is 0 Å². The van der Waals surface area contributed by atoms with Gasteiger partial charge >= 0.3 is 13.8 Å². The summed E-state index contributed by atoms with van der Waals surface area (Å²) >= 11 is 0. The summed E-state index contributed by atoms with van der Waals surface area (Å²) in [5.74, 6) is -0.214. The highest BCUT2D eigenvalue weighted by molar-refractivity contribution is 7.47. The normalized spacial score (nSPS) is 17.9. The minimum absolute atomic E-state index is 0.123. The highest BCUT2D eigenvalue weighted by atomic mass is 31.2. The summed E-state index contributed by atoms with van der Waals surface area (Å²) in [4.78, 5) is 21.5. The first-order valence-electron chi connectivity index (χ1n) is 11.9. The van der Waals surface area contributed by atoms with Gasteiger partial charge in [0.15, 0.2) is 0 Å². The summed E-state index contributed by atoms with van der Waals surface area (Å²) < 4.78 is 28.0. The molecule has 3 rings (SSSR count). The summed E-state index contributed by atoms with van der Waals surface area (Å²) in [7, 11) is -4.12. The first-order chi connectivity index (χ1) is 16.0. The maximum absolute atomic E-state index is 12.4. The lowest BCUT2D eigenvalue weighted by Crippen LogP contribution is -2.35. The summed E-state index contributed by atoms with van der Waals surface area (Å²) in [6, 6.07) is 20.9. The van der Waals surface area contributed by atoms with E-state index < -0.39 is 7.82 Å². The van der Waals surface area contributed by atoms with Gasteiger partial charge in [-0.15, -0.1) is 0 Å². The zero-order valence-electron chi connectivity index (χ0n) is 19.4. The van der Waals surface area contributed by atoms with E-state index in [4.69, 9.17) is 13.8 Å². The van der Waals surface area contributed by atoms with Gasteiger partial charge in [0, 0.05) is 11.8 Å². The Balaban J connectivity index is 1.49. The second-order valence-electron chi connectivity index (χ2n) is 8.54. The predicted molar refractivity (Wildman–Crippen MR) is 128 cm³/mol. The Bertz CT molecular complexity index is 852. The molecule has 33 heavy (non-hydrogen) atoms. The third-order valence-corrected chi connectivity index (χ3v) is 7.38. The van der Waals surface area contributed by atoms with Gasteiger partial charge in [-0.2, -0.15) is 0 Å². The molecule has 7 heteroatoms. The van der Waals surface area contributed by atoms with Crippen molar-refractivity contribution in [2.75, 3.05) is 13.2 Å². The summed E-state index contributed by atoms with van der Waals surface area (Å²) in [5, 5.41) is 0. The molecule has 0 aliphatic heterocycles. The van der Waals surface area contributed by atoms with Crippen LogP contribution in [-0.2, 0) is 28.6 Å². The van der Waals surface area contributed by atoms with Gasteiger partial charge in [0.05, 0.1) is 19.3 Å². The van der Waals surface area contributed by atoms with Crippen molar-refractivity contribution in [2.45, 2.75) is 69.8 Å². The number of benzene rings is 2. The Morgan fingerprint density at radius 2 is 1.55 bits per heavy atom. The second kappa shape index (κ2) is 12.5. The van der Waals surface area contributed by atoms with Gasteiger partial charge in [0.2, 0.25) is 0 Å². The number of unbranched alkanes of at least 4 members (excludes halogenated alkanes) is 2. The lowest BCUT2D eigenvalue weighted by atomic mass is 9.65. The molecule has 1 unspecified atom stereocenters. The zero-order valence-corrected chi connectivity index (χ0v) is 20.3. The van der Waals surface area contributed by atoms with E-state index in [0.29, 0.717) is 38.7 Å². The zero-order chi connectivity index (χ0) is 23.6. The molecule has 0 aromatic heterocycles. The third kappa shape index (κ3) is 7.51. The molecule has 0 spiro atoms. The summed E-state index contributed by atoms with van der Waals surface area (Å²) in [5.41, 5.74) is 2.41. The number of hydrogen-bond acceptors (Lipinski definition) is 5. The molecule has 180 valence electrons. The van der Waals surface area contributed by atoms with Crippen molar-refractivity contribution in [3.05, 3.63) is 71.8 Å². The van der Waals surface area contributed by atoms with E-state index in [0.717, 1.165) is 19.3 Å². The standard InChI is InChI=1S/C26H35O6P/c1-2-30-25(27)16-10-5-11-21-31-33(28,29)32-24-17-19-26(20-18-24,22-12-6-3-7-13-22)23-14-8-4-9-15-23/h3-4,6-9,12-15,24H,2,5,10-11,16-21H2,1H3,(H,28,29). The number of rotatable bonds is 12. The maximum atomic E-state index is 12.4. The van der Waals surface area contributed by atoms with Crippen LogP contribution in [0.3, 0.4) is 0 Å². The van der Waals surface area contributed by atoms with E-state index in [9.17, 15) is 14.3 Å². The molecule has 0 radical (unpaired) electrons. The molecule has 1 N–H and O–H groups in total. The number of carbonyl (C=O) groups is 1. The smallest absolute Gasteiger partial charge is 0.466 e. The highest BCUT2D eigenvalue weighted by Gasteiger charge is 2.40. The van der Waals surface area contributed by atoms with Crippen LogP contribution in [0.5, 0.6) is 0 Å². The Morgan fingerprint density at radius 3 is 2.09 bits per heavy atom. The van der Waals surface area contributed by atoms with Crippen molar-refractivity contribution in [1.29, 1.82) is 0 Å². The van der Waals surface area contributed by atoms with Crippen LogP contribution in [0, 0.1) is 0 Å². The minimum atomic E-state index is -4.12. The Kier molecular flexibility index (Phi) is 9.69. The van der Waals surface area contributed by atoms with Crippen LogP contribution in [0.2, 0.25) is 0 Å². The predicted octanol–water partition coefficient (Wildman–Crippen LogP) is 6.17. The average Bonchev–Trinajstić information content (AvgIpc) is 2.83. The molecule has 1 aliphatic rings. The van der Waals surface area contributed by atoms with Gasteiger partial charge in [0.25, 0.3) is 0 Å². The van der Waals surface area contributed by atoms with Crippen LogP contribution in [-0.4, -0.2) is 30.2 Å². The van der Waals surface area contributed by atoms with Crippen LogP contribution in [0.15, 0.2) is 60.7 Å². The fourth-order valence-electron chi connectivity index (χ4n) is 4.63. The Morgan fingerprint density at radius 1 is 0.970 bits per heavy atom. The van der Waals surface area contributed by atoms with Crippen molar-refractivity contribution >= 4 is 13.8 Å². The van der Waals surface area contributed by atoms with E-state index in [1.165, 1.54) is 11.1 Å². The van der Waals surface area contributed by atoms with Crippen molar-refractivity contribution in [3.63, 3.8) is 0 Å². The van der Waals surface area contributed by atoms with Gasteiger partial charge in [-0.1, -0.05) is 67.1 Å². The number of hydrogen-bond donors (Lipinski definition) is 1. The summed E-state index contributed by atoms with van der Waals surface area (Å²) in [6.07, 6.45) is 5.04. The van der Waals surface area contributed by atoms with Gasteiger partial charge in [-0.05, 0) is 56.6 Å². The van der Waals surface area contributed by atoms with E-state index in [1.54, 1.807) is 6.92 Å². The number of carbonyl (C=O) groups excluding carboxylic acids is 1. The molecule has 1 saturated carbocycles. The van der Waals surface area contributed by atoms with Crippen molar-refractivity contribution in [2.24, 2.45) is 0 Å². The topological polar surface area (TPSA) is 82.1 Å². The Hall–Kier alpha value is -1.98. The SMILES string of the molecule is CCOC(=O)CCCCCOP(=O)(O)OC1CCC(c2ccccc2)(c2ccccc2)CC1. The molecule has 6 nitrogen and oxygen atoms in total. The highest BCUT2D eigenvalue weighted by Crippen LogP contribution is 2.51. The fourth-order valence-corrected chi connectivity index (χ4v) is 5.64. The molecular formula is C26H35O6P. The van der Waals surface area contributed by atoms with E-state index in [2.05, 4.69) is 48.5 Å². The second-order valence-corrected chi connectivity index (χ2v) is 9.94. The molecule has 2 aromatic rings. The molecule has 0 saturated heterocycles. The molecule has 0 bridgehead atoms. The van der Waals surface area contributed by atoms with E-state index >= 15 is 0 Å². The average molecular weight is 475 g/mol. The molecule has 1 fully saturated rings. The minimum Gasteiger partial charge on any atom is -0.466 e. The van der Waals surface area contributed by atoms with Crippen LogP contribution in [0.1, 0.15) is 69.4 Å². The quantitative estimate of drug-likeness (QED) is 0.225.